The van der Waals surface area contributed by atoms with Crippen LogP contribution in [0.1, 0.15) is 26.3 Å². The highest BCUT2D eigenvalue weighted by Gasteiger charge is 2.31. The van der Waals surface area contributed by atoms with E-state index in [4.69, 9.17) is 11.6 Å². The molecular formula is C15H25ClN2. The van der Waals surface area contributed by atoms with Crippen LogP contribution in [-0.4, -0.2) is 37.1 Å². The maximum Gasteiger partial charge on any atom is 0.0438 e. The molecule has 0 aliphatic heterocycles. The second-order valence-electron chi connectivity index (χ2n) is 5.45. The standard InChI is InChI=1S/C15H25ClN2/c1-6-17-14(15(2,3)18(4)5)11-12-9-7-8-10-13(12)16/h7-10,14,17H,6,11H2,1-5H3. The van der Waals surface area contributed by atoms with Gasteiger partial charge in [0.25, 0.3) is 0 Å². The topological polar surface area (TPSA) is 15.3 Å². The van der Waals surface area contributed by atoms with Gasteiger partial charge in [0.15, 0.2) is 0 Å². The third-order valence-corrected chi connectivity index (χ3v) is 4.21. The van der Waals surface area contributed by atoms with Gasteiger partial charge in [0.05, 0.1) is 0 Å². The fourth-order valence-corrected chi connectivity index (χ4v) is 2.23. The molecule has 18 heavy (non-hydrogen) atoms. The van der Waals surface area contributed by atoms with Crippen LogP contribution in [0.15, 0.2) is 24.3 Å². The second kappa shape index (κ2) is 6.55. The molecule has 1 N–H and O–H groups in total. The van der Waals surface area contributed by atoms with E-state index in [0.717, 1.165) is 18.0 Å². The van der Waals surface area contributed by atoms with Crippen molar-refractivity contribution in [3.8, 4) is 0 Å². The summed E-state index contributed by atoms with van der Waals surface area (Å²) in [5, 5.41) is 4.44. The lowest BCUT2D eigenvalue weighted by Crippen LogP contribution is -2.56. The van der Waals surface area contributed by atoms with Gasteiger partial charge in [0.1, 0.15) is 0 Å². The van der Waals surface area contributed by atoms with Crippen molar-refractivity contribution in [2.75, 3.05) is 20.6 Å². The van der Waals surface area contributed by atoms with E-state index in [1.165, 1.54) is 5.56 Å². The number of nitrogens with one attached hydrogen (secondary N) is 1. The summed E-state index contributed by atoms with van der Waals surface area (Å²) in [6.45, 7) is 7.63. The van der Waals surface area contributed by atoms with Crippen LogP contribution in [0.5, 0.6) is 0 Å². The second-order valence-corrected chi connectivity index (χ2v) is 5.86. The summed E-state index contributed by atoms with van der Waals surface area (Å²) >= 11 is 6.26. The van der Waals surface area contributed by atoms with Crippen molar-refractivity contribution < 1.29 is 0 Å². The quantitative estimate of drug-likeness (QED) is 0.852. The highest BCUT2D eigenvalue weighted by Crippen LogP contribution is 2.23. The molecule has 0 bridgehead atoms. The van der Waals surface area contributed by atoms with Gasteiger partial charge < -0.3 is 10.2 Å². The Hall–Kier alpha value is -0.570. The number of hydrogen-bond acceptors (Lipinski definition) is 2. The molecule has 0 aromatic heterocycles. The Labute approximate surface area is 116 Å². The molecule has 1 aromatic rings. The van der Waals surface area contributed by atoms with Gasteiger partial charge in [-0.15, -0.1) is 0 Å². The molecule has 0 aliphatic rings. The minimum atomic E-state index is 0.0786. The molecule has 3 heteroatoms. The molecule has 0 heterocycles. The Morgan fingerprint density at radius 2 is 1.89 bits per heavy atom. The molecule has 0 radical (unpaired) electrons. The number of rotatable bonds is 6. The summed E-state index contributed by atoms with van der Waals surface area (Å²) in [5.74, 6) is 0. The summed E-state index contributed by atoms with van der Waals surface area (Å²) < 4.78 is 0. The molecule has 102 valence electrons. The molecule has 0 saturated carbocycles. The van der Waals surface area contributed by atoms with E-state index in [0.29, 0.717) is 6.04 Å². The van der Waals surface area contributed by atoms with Gasteiger partial charge in [-0.05, 0) is 52.5 Å². The Balaban J connectivity index is 2.91. The molecule has 0 spiro atoms. The molecule has 0 saturated heterocycles. The molecule has 1 aromatic carbocycles. The number of hydrogen-bond donors (Lipinski definition) is 1. The van der Waals surface area contributed by atoms with Gasteiger partial charge in [-0.25, -0.2) is 0 Å². The van der Waals surface area contributed by atoms with Crippen molar-refractivity contribution >= 4 is 11.6 Å². The lowest BCUT2D eigenvalue weighted by molar-refractivity contribution is 0.138. The van der Waals surface area contributed by atoms with Gasteiger partial charge in [0.2, 0.25) is 0 Å². The molecule has 0 amide bonds. The predicted octanol–water partition coefficient (Wildman–Crippen LogP) is 3.20. The molecule has 1 unspecified atom stereocenters. The summed E-state index contributed by atoms with van der Waals surface area (Å²) in [7, 11) is 4.24. The number of benzene rings is 1. The Morgan fingerprint density at radius 1 is 1.28 bits per heavy atom. The van der Waals surface area contributed by atoms with Gasteiger partial charge in [-0.2, -0.15) is 0 Å². The smallest absolute Gasteiger partial charge is 0.0438 e. The Kier molecular flexibility index (Phi) is 5.64. The van der Waals surface area contributed by atoms with Crippen LogP contribution in [0.4, 0.5) is 0 Å². The first kappa shape index (κ1) is 15.5. The van der Waals surface area contributed by atoms with E-state index >= 15 is 0 Å². The molecule has 1 atom stereocenters. The SMILES string of the molecule is CCNC(Cc1ccccc1Cl)C(C)(C)N(C)C. The van der Waals surface area contributed by atoms with Crippen LogP contribution in [0.25, 0.3) is 0 Å². The molecule has 0 fully saturated rings. The van der Waals surface area contributed by atoms with Gasteiger partial charge in [-0.1, -0.05) is 36.7 Å². The average Bonchev–Trinajstić information content (AvgIpc) is 2.31. The average molecular weight is 269 g/mol. The monoisotopic (exact) mass is 268 g/mol. The first-order valence-electron chi connectivity index (χ1n) is 6.53. The molecular weight excluding hydrogens is 244 g/mol. The predicted molar refractivity (Wildman–Crippen MR) is 80.4 cm³/mol. The summed E-state index contributed by atoms with van der Waals surface area (Å²) in [6.07, 6.45) is 0.943. The Bertz CT molecular complexity index is 375. The summed E-state index contributed by atoms with van der Waals surface area (Å²) in [6, 6.07) is 8.47. The first-order valence-corrected chi connectivity index (χ1v) is 6.91. The van der Waals surface area contributed by atoms with Crippen LogP contribution in [-0.2, 0) is 6.42 Å². The van der Waals surface area contributed by atoms with Crippen molar-refractivity contribution in [2.45, 2.75) is 38.8 Å². The highest BCUT2D eigenvalue weighted by molar-refractivity contribution is 6.31. The van der Waals surface area contributed by atoms with Crippen molar-refractivity contribution in [1.29, 1.82) is 0 Å². The van der Waals surface area contributed by atoms with Gasteiger partial charge >= 0.3 is 0 Å². The minimum Gasteiger partial charge on any atom is -0.312 e. The van der Waals surface area contributed by atoms with E-state index in [1.807, 2.05) is 18.2 Å². The number of halogens is 1. The van der Waals surface area contributed by atoms with E-state index in [1.54, 1.807) is 0 Å². The number of nitrogens with zero attached hydrogens (tertiary/aromatic N) is 1. The van der Waals surface area contributed by atoms with Crippen molar-refractivity contribution in [2.24, 2.45) is 0 Å². The zero-order valence-electron chi connectivity index (χ0n) is 12.1. The molecule has 0 aliphatic carbocycles. The molecule has 1 rings (SSSR count). The highest BCUT2D eigenvalue weighted by atomic mass is 35.5. The third kappa shape index (κ3) is 3.71. The lowest BCUT2D eigenvalue weighted by Gasteiger charge is -2.41. The van der Waals surface area contributed by atoms with E-state index < -0.39 is 0 Å². The maximum atomic E-state index is 6.26. The fraction of sp³-hybridized carbons (Fsp3) is 0.600. The third-order valence-electron chi connectivity index (χ3n) is 3.84. The first-order chi connectivity index (χ1) is 8.39. The zero-order valence-corrected chi connectivity index (χ0v) is 12.9. The zero-order chi connectivity index (χ0) is 13.8. The summed E-state index contributed by atoms with van der Waals surface area (Å²) in [4.78, 5) is 2.26. The lowest BCUT2D eigenvalue weighted by atomic mass is 9.88. The maximum absolute atomic E-state index is 6.26. The fourth-order valence-electron chi connectivity index (χ4n) is 2.01. The van der Waals surface area contributed by atoms with E-state index in [-0.39, 0.29) is 5.54 Å². The van der Waals surface area contributed by atoms with Crippen LogP contribution < -0.4 is 5.32 Å². The van der Waals surface area contributed by atoms with Crippen LogP contribution in [0.3, 0.4) is 0 Å². The number of likely N-dealkylation sites (N-methyl/N-ethyl adjacent to an activating group) is 2. The van der Waals surface area contributed by atoms with E-state index in [2.05, 4.69) is 51.1 Å². The van der Waals surface area contributed by atoms with Gasteiger partial charge in [0, 0.05) is 16.6 Å². The normalized spacial score (nSPS) is 13.9. The summed E-state index contributed by atoms with van der Waals surface area (Å²) in [5.41, 5.74) is 1.29. The minimum absolute atomic E-state index is 0.0786. The van der Waals surface area contributed by atoms with Gasteiger partial charge in [-0.3, -0.25) is 0 Å². The van der Waals surface area contributed by atoms with Crippen molar-refractivity contribution in [3.05, 3.63) is 34.9 Å². The van der Waals surface area contributed by atoms with Crippen LogP contribution >= 0.6 is 11.6 Å². The van der Waals surface area contributed by atoms with E-state index in [9.17, 15) is 0 Å². The van der Waals surface area contributed by atoms with Crippen LogP contribution in [0.2, 0.25) is 5.02 Å². The largest absolute Gasteiger partial charge is 0.312 e. The van der Waals surface area contributed by atoms with Crippen molar-refractivity contribution in [1.82, 2.24) is 10.2 Å². The van der Waals surface area contributed by atoms with Crippen molar-refractivity contribution in [3.63, 3.8) is 0 Å². The Morgan fingerprint density at radius 3 is 2.39 bits per heavy atom. The molecule has 2 nitrogen and oxygen atoms in total. The van der Waals surface area contributed by atoms with Crippen LogP contribution in [0, 0.1) is 0 Å².